The van der Waals surface area contributed by atoms with Crippen LogP contribution in [0.2, 0.25) is 0 Å². The Morgan fingerprint density at radius 1 is 1.20 bits per heavy atom. The highest BCUT2D eigenvalue weighted by Gasteiger charge is 2.23. The molecule has 0 bridgehead atoms. The lowest BCUT2D eigenvalue weighted by Gasteiger charge is -2.27. The molecule has 0 spiro atoms. The lowest BCUT2D eigenvalue weighted by Crippen LogP contribution is -2.36. The molecule has 3 aromatic heterocycles. The molecule has 4 aromatic rings. The van der Waals surface area contributed by atoms with E-state index in [0.717, 1.165) is 11.1 Å². The molecule has 0 fully saturated rings. The van der Waals surface area contributed by atoms with Gasteiger partial charge in [-0.15, -0.1) is 0 Å². The van der Waals surface area contributed by atoms with Crippen molar-refractivity contribution in [3.05, 3.63) is 78.1 Å². The second-order valence-electron chi connectivity index (χ2n) is 7.51. The highest BCUT2D eigenvalue weighted by atomic mass is 19.1. The zero-order valence-electron chi connectivity index (χ0n) is 17.1. The fourth-order valence-corrected chi connectivity index (χ4v) is 3.41. The third-order valence-electron chi connectivity index (χ3n) is 4.96. The quantitative estimate of drug-likeness (QED) is 0.501. The van der Waals surface area contributed by atoms with Crippen LogP contribution in [0.5, 0.6) is 0 Å². The van der Waals surface area contributed by atoms with E-state index in [-0.39, 0.29) is 11.9 Å². The van der Waals surface area contributed by atoms with Crippen molar-refractivity contribution >= 4 is 16.8 Å². The van der Waals surface area contributed by atoms with Crippen LogP contribution in [0.25, 0.3) is 22.2 Å². The van der Waals surface area contributed by atoms with Gasteiger partial charge in [0.05, 0.1) is 23.0 Å². The van der Waals surface area contributed by atoms with Crippen molar-refractivity contribution in [1.82, 2.24) is 24.6 Å². The molecule has 0 atom stereocenters. The van der Waals surface area contributed by atoms with Crippen LogP contribution in [0.15, 0.2) is 61.2 Å². The summed E-state index contributed by atoms with van der Waals surface area (Å²) in [6, 6.07) is 9.76. The lowest BCUT2D eigenvalue weighted by molar-refractivity contribution is 0.0692. The molecular formula is C23H22FN5O. The van der Waals surface area contributed by atoms with Crippen LogP contribution in [0.3, 0.4) is 0 Å². The number of aryl methyl sites for hydroxylation is 1. The number of carbonyl (C=O) groups excluding carboxylic acids is 1. The first kappa shape index (κ1) is 19.7. The highest BCUT2D eigenvalue weighted by molar-refractivity contribution is 6.07. The second kappa shape index (κ2) is 8.02. The number of aromatic nitrogens is 4. The van der Waals surface area contributed by atoms with Crippen molar-refractivity contribution in [2.24, 2.45) is 7.05 Å². The summed E-state index contributed by atoms with van der Waals surface area (Å²) in [6.07, 6.45) is 6.97. The summed E-state index contributed by atoms with van der Waals surface area (Å²) in [5.41, 5.74) is 3.32. The molecule has 4 rings (SSSR count). The maximum atomic E-state index is 14.0. The molecule has 0 N–H and O–H groups in total. The molecule has 6 nitrogen and oxygen atoms in total. The molecule has 0 aliphatic heterocycles. The molecule has 0 radical (unpaired) electrons. The van der Waals surface area contributed by atoms with Crippen molar-refractivity contribution < 1.29 is 9.18 Å². The molecule has 152 valence electrons. The number of hydrogen-bond acceptors (Lipinski definition) is 4. The number of benzene rings is 1. The van der Waals surface area contributed by atoms with Crippen molar-refractivity contribution in [2.45, 2.75) is 26.4 Å². The third kappa shape index (κ3) is 3.91. The summed E-state index contributed by atoms with van der Waals surface area (Å²) in [5, 5.41) is 4.69. The number of halogens is 1. The van der Waals surface area contributed by atoms with Gasteiger partial charge in [-0.1, -0.05) is 6.07 Å². The van der Waals surface area contributed by atoms with Crippen LogP contribution in [0.1, 0.15) is 29.8 Å². The first-order chi connectivity index (χ1) is 14.4. The van der Waals surface area contributed by atoms with Crippen LogP contribution < -0.4 is 0 Å². The van der Waals surface area contributed by atoms with Crippen molar-refractivity contribution in [2.75, 3.05) is 0 Å². The van der Waals surface area contributed by atoms with Gasteiger partial charge in [-0.25, -0.2) is 9.37 Å². The Morgan fingerprint density at radius 2 is 2.03 bits per heavy atom. The molecule has 1 amide bonds. The normalized spacial score (nSPS) is 11.2. The summed E-state index contributed by atoms with van der Waals surface area (Å²) in [6.45, 7) is 4.33. The third-order valence-corrected chi connectivity index (χ3v) is 4.96. The van der Waals surface area contributed by atoms with Crippen molar-refractivity contribution in [3.8, 4) is 11.3 Å². The summed E-state index contributed by atoms with van der Waals surface area (Å²) >= 11 is 0. The number of pyridine rings is 2. The van der Waals surface area contributed by atoms with Crippen LogP contribution in [-0.4, -0.2) is 36.6 Å². The van der Waals surface area contributed by atoms with Gasteiger partial charge in [0.25, 0.3) is 5.91 Å². The number of fused-ring (bicyclic) bond motifs is 1. The molecule has 3 heterocycles. The van der Waals surface area contributed by atoms with E-state index in [2.05, 4.69) is 15.1 Å². The summed E-state index contributed by atoms with van der Waals surface area (Å²) in [7, 11) is 1.82. The Hall–Kier alpha value is -3.61. The molecule has 0 aliphatic carbocycles. The Labute approximate surface area is 174 Å². The standard InChI is InChI=1S/C23H22FN5O/c1-15(2)29(13-16-5-4-8-25-11-16)23(30)20-10-22(17-12-26-28(3)14-17)27-21-7-6-18(24)9-19(20)21/h4-12,14-15H,13H2,1-3H3. The lowest BCUT2D eigenvalue weighted by atomic mass is 10.0. The number of rotatable bonds is 5. The largest absolute Gasteiger partial charge is 0.332 e. The molecule has 0 saturated carbocycles. The summed E-state index contributed by atoms with van der Waals surface area (Å²) < 4.78 is 15.7. The van der Waals surface area contributed by atoms with E-state index in [0.29, 0.717) is 28.7 Å². The summed E-state index contributed by atoms with van der Waals surface area (Å²) in [5.74, 6) is -0.590. The SMILES string of the molecule is CC(C)N(Cc1cccnc1)C(=O)c1cc(-c2cnn(C)c2)nc2ccc(F)cc12. The predicted molar refractivity (Wildman–Crippen MR) is 113 cm³/mol. The maximum Gasteiger partial charge on any atom is 0.255 e. The van der Waals surface area contributed by atoms with Crippen LogP contribution >= 0.6 is 0 Å². The van der Waals surface area contributed by atoms with E-state index < -0.39 is 5.82 Å². The first-order valence-corrected chi connectivity index (χ1v) is 9.71. The van der Waals surface area contributed by atoms with Gasteiger partial charge in [0, 0.05) is 49.2 Å². The second-order valence-corrected chi connectivity index (χ2v) is 7.51. The fraction of sp³-hybridized carbons (Fsp3) is 0.217. The number of amides is 1. The van der Waals surface area contributed by atoms with Crippen molar-refractivity contribution in [1.29, 1.82) is 0 Å². The minimum absolute atomic E-state index is 0.0590. The van der Waals surface area contributed by atoms with Gasteiger partial charge < -0.3 is 4.90 Å². The van der Waals surface area contributed by atoms with Crippen LogP contribution in [0.4, 0.5) is 4.39 Å². The van der Waals surface area contributed by atoms with Crippen LogP contribution in [-0.2, 0) is 13.6 Å². The van der Waals surface area contributed by atoms with Gasteiger partial charge >= 0.3 is 0 Å². The number of hydrogen-bond donors (Lipinski definition) is 0. The zero-order valence-corrected chi connectivity index (χ0v) is 17.1. The van der Waals surface area contributed by atoms with Crippen molar-refractivity contribution in [3.63, 3.8) is 0 Å². The van der Waals surface area contributed by atoms with Gasteiger partial charge in [-0.2, -0.15) is 5.10 Å². The average Bonchev–Trinajstić information content (AvgIpc) is 3.17. The number of nitrogens with zero attached hydrogens (tertiary/aromatic N) is 5. The van der Waals surface area contributed by atoms with Gasteiger partial charge in [-0.3, -0.25) is 14.5 Å². The zero-order chi connectivity index (χ0) is 21.3. The average molecular weight is 403 g/mol. The molecule has 0 unspecified atom stereocenters. The van der Waals surface area contributed by atoms with E-state index in [1.807, 2.05) is 39.2 Å². The van der Waals surface area contributed by atoms with E-state index in [9.17, 15) is 9.18 Å². The van der Waals surface area contributed by atoms with E-state index >= 15 is 0 Å². The predicted octanol–water partition coefficient (Wildman–Crippen LogP) is 4.22. The number of carbonyl (C=O) groups is 1. The van der Waals surface area contributed by atoms with E-state index in [1.54, 1.807) is 40.3 Å². The Morgan fingerprint density at radius 3 is 2.70 bits per heavy atom. The molecule has 7 heteroatoms. The topological polar surface area (TPSA) is 63.9 Å². The molecule has 0 aliphatic rings. The Bertz CT molecular complexity index is 1200. The van der Waals surface area contributed by atoms with Gasteiger partial charge in [0.2, 0.25) is 0 Å². The first-order valence-electron chi connectivity index (χ1n) is 9.71. The minimum atomic E-state index is -0.407. The Balaban J connectivity index is 1.84. The molecule has 1 aromatic carbocycles. The Kier molecular flexibility index (Phi) is 5.27. The monoisotopic (exact) mass is 403 g/mol. The molecule has 0 saturated heterocycles. The van der Waals surface area contributed by atoms with E-state index in [1.165, 1.54) is 12.1 Å². The van der Waals surface area contributed by atoms with Gasteiger partial charge in [0.15, 0.2) is 0 Å². The molecule has 30 heavy (non-hydrogen) atoms. The van der Waals surface area contributed by atoms with E-state index in [4.69, 9.17) is 0 Å². The fourth-order valence-electron chi connectivity index (χ4n) is 3.41. The smallest absolute Gasteiger partial charge is 0.255 e. The van der Waals surface area contributed by atoms with Crippen LogP contribution in [0, 0.1) is 5.82 Å². The minimum Gasteiger partial charge on any atom is -0.332 e. The maximum absolute atomic E-state index is 14.0. The summed E-state index contributed by atoms with van der Waals surface area (Å²) in [4.78, 5) is 24.2. The molecular weight excluding hydrogens is 381 g/mol. The van der Waals surface area contributed by atoms with Gasteiger partial charge in [0.1, 0.15) is 5.82 Å². The highest BCUT2D eigenvalue weighted by Crippen LogP contribution is 2.27. The van der Waals surface area contributed by atoms with Gasteiger partial charge in [-0.05, 0) is 49.7 Å².